The van der Waals surface area contributed by atoms with Crippen LogP contribution in [-0.4, -0.2) is 222 Å². The van der Waals surface area contributed by atoms with Gasteiger partial charge in [-0.3, -0.25) is 9.59 Å². The quantitative estimate of drug-likeness (QED) is 0.0881. The van der Waals surface area contributed by atoms with Crippen LogP contribution in [0.15, 0.2) is 0 Å². The molecular formula is C28H48N2O21. The van der Waals surface area contributed by atoms with E-state index in [1.54, 1.807) is 0 Å². The van der Waals surface area contributed by atoms with Gasteiger partial charge in [-0.05, 0) is 0 Å². The lowest BCUT2D eigenvalue weighted by Gasteiger charge is -2.49. The highest BCUT2D eigenvalue weighted by Gasteiger charge is 2.54. The summed E-state index contributed by atoms with van der Waals surface area (Å²) >= 11 is 0. The molecule has 0 aromatic heterocycles. The van der Waals surface area contributed by atoms with Crippen molar-refractivity contribution in [2.75, 3.05) is 26.4 Å². The van der Waals surface area contributed by atoms with Crippen molar-refractivity contribution in [3.8, 4) is 0 Å². The lowest BCUT2D eigenvalue weighted by molar-refractivity contribution is -0.365. The van der Waals surface area contributed by atoms with E-state index in [-0.39, 0.29) is 0 Å². The highest BCUT2D eigenvalue weighted by atomic mass is 16.8. The monoisotopic (exact) mass is 748 g/mol. The Balaban J connectivity index is 1.50. The normalized spacial score (nSPS) is 47.8. The fourth-order valence-electron chi connectivity index (χ4n) is 6.25. The minimum absolute atomic E-state index is 0.656. The third kappa shape index (κ3) is 9.29. The van der Waals surface area contributed by atoms with E-state index in [2.05, 4.69) is 10.6 Å². The van der Waals surface area contributed by atoms with E-state index in [1.165, 1.54) is 0 Å². The largest absolute Gasteiger partial charge is 0.394 e. The summed E-state index contributed by atoms with van der Waals surface area (Å²) in [5.41, 5.74) is 0. The maximum absolute atomic E-state index is 12.2. The average molecular weight is 749 g/mol. The number of carbonyl (C=O) groups is 2. The van der Waals surface area contributed by atoms with Gasteiger partial charge in [-0.15, -0.1) is 0 Å². The minimum atomic E-state index is -2.00. The van der Waals surface area contributed by atoms with Crippen LogP contribution in [0.2, 0.25) is 0 Å². The van der Waals surface area contributed by atoms with Gasteiger partial charge in [0.2, 0.25) is 11.8 Å². The molecule has 0 saturated carbocycles. The molecule has 0 aromatic rings. The summed E-state index contributed by atoms with van der Waals surface area (Å²) in [6.45, 7) is -0.998. The molecule has 0 aliphatic carbocycles. The van der Waals surface area contributed by atoms with Crippen molar-refractivity contribution in [1.82, 2.24) is 10.6 Å². The molecule has 2 amide bonds. The SMILES string of the molecule is CC(=O)N[C@@H]1[C@@H](O)[C@H](O[C@H]2O[C@H](CO)[C@@H](O[C@H]3O[C@H](CO[C@@H]4O[C@H](CO)[C@@H](O)[C@H](O)[C@@H]4O)[C@@H](O)[C@H](O)[C@@H]3O)[C@H](O)[C@H]2NC(C)=O)[C@@H](CO)O[C@H]1O. The van der Waals surface area contributed by atoms with E-state index in [4.69, 9.17) is 33.2 Å². The molecule has 4 fully saturated rings. The highest BCUT2D eigenvalue weighted by Crippen LogP contribution is 2.33. The van der Waals surface area contributed by atoms with Crippen LogP contribution in [0.4, 0.5) is 0 Å². The van der Waals surface area contributed by atoms with E-state index in [0.29, 0.717) is 0 Å². The van der Waals surface area contributed by atoms with Gasteiger partial charge in [0.15, 0.2) is 25.2 Å². The molecule has 0 bridgehead atoms. The molecule has 0 radical (unpaired) electrons. The summed E-state index contributed by atoms with van der Waals surface area (Å²) in [5.74, 6) is -1.39. The Morgan fingerprint density at radius 2 is 0.941 bits per heavy atom. The van der Waals surface area contributed by atoms with Crippen molar-refractivity contribution in [3.05, 3.63) is 0 Å². The molecule has 0 spiro atoms. The minimum Gasteiger partial charge on any atom is -0.394 e. The number of hydrogen-bond acceptors (Lipinski definition) is 21. The van der Waals surface area contributed by atoms with Gasteiger partial charge < -0.3 is 105 Å². The standard InChI is InChI=1S/C28H48N2O21/c1-7(34)29-13-17(38)23(10(4-32)46-25(13)44)50-26-14(30-8(2)35)18(39)24(11(5-33)48-26)51-28-22(43)20(41)16(37)12(49-28)6-45-27-21(42)19(40)15(36)9(3-31)47-27/h9-28,31-33,36-44H,3-6H2,1-2H3,(H,29,34)(H,30,35)/t9-,10-,11-,12-,13-,14-,15-,16-,17-,18-,19+,20+,21+,22+,23-,24-,25-,26-,27-,28-/m1/s1. The van der Waals surface area contributed by atoms with Crippen molar-refractivity contribution < 1.29 is 104 Å². The van der Waals surface area contributed by atoms with Gasteiger partial charge in [-0.25, -0.2) is 0 Å². The molecule has 4 aliphatic heterocycles. The van der Waals surface area contributed by atoms with Gasteiger partial charge in [-0.2, -0.15) is 0 Å². The van der Waals surface area contributed by atoms with Gasteiger partial charge in [0.25, 0.3) is 0 Å². The van der Waals surface area contributed by atoms with E-state index in [1.807, 2.05) is 0 Å². The Bertz CT molecular complexity index is 1140. The number of ether oxygens (including phenoxy) is 7. The first-order chi connectivity index (χ1) is 24.0. The molecule has 4 heterocycles. The number of amides is 2. The Morgan fingerprint density at radius 1 is 0.510 bits per heavy atom. The van der Waals surface area contributed by atoms with E-state index < -0.39 is 161 Å². The molecule has 51 heavy (non-hydrogen) atoms. The summed E-state index contributed by atoms with van der Waals surface area (Å²) in [7, 11) is 0. The van der Waals surface area contributed by atoms with Crippen LogP contribution in [0.5, 0.6) is 0 Å². The third-order valence-electron chi connectivity index (χ3n) is 8.99. The number of rotatable bonds is 12. The van der Waals surface area contributed by atoms with Gasteiger partial charge >= 0.3 is 0 Å². The van der Waals surface area contributed by atoms with E-state index >= 15 is 0 Å². The first kappa shape index (κ1) is 41.9. The third-order valence-corrected chi connectivity index (χ3v) is 8.99. The van der Waals surface area contributed by atoms with Gasteiger partial charge in [0.1, 0.15) is 97.5 Å². The first-order valence-corrected chi connectivity index (χ1v) is 16.1. The second-order valence-corrected chi connectivity index (χ2v) is 12.7. The van der Waals surface area contributed by atoms with Crippen LogP contribution < -0.4 is 10.6 Å². The number of hydrogen-bond donors (Lipinski definition) is 14. The summed E-state index contributed by atoms with van der Waals surface area (Å²) in [6, 6.07) is -3.02. The van der Waals surface area contributed by atoms with Crippen LogP contribution in [-0.2, 0) is 42.7 Å². The van der Waals surface area contributed by atoms with Gasteiger partial charge in [-0.1, -0.05) is 0 Å². The molecule has 4 rings (SSSR count). The zero-order valence-electron chi connectivity index (χ0n) is 27.4. The molecule has 0 unspecified atom stereocenters. The molecule has 14 N–H and O–H groups in total. The van der Waals surface area contributed by atoms with Crippen LogP contribution >= 0.6 is 0 Å². The predicted octanol–water partition coefficient (Wildman–Crippen LogP) is -9.46. The maximum atomic E-state index is 12.2. The highest BCUT2D eigenvalue weighted by molar-refractivity contribution is 5.73. The van der Waals surface area contributed by atoms with Crippen LogP contribution in [0.25, 0.3) is 0 Å². The molecule has 23 heteroatoms. The number of carbonyl (C=O) groups excluding carboxylic acids is 2. The molecular weight excluding hydrogens is 700 g/mol. The van der Waals surface area contributed by atoms with Gasteiger partial charge in [0.05, 0.1) is 26.4 Å². The zero-order valence-corrected chi connectivity index (χ0v) is 27.4. The molecule has 23 nitrogen and oxygen atoms in total. The van der Waals surface area contributed by atoms with Crippen molar-refractivity contribution in [1.29, 1.82) is 0 Å². The number of aliphatic hydroxyl groups is 12. The van der Waals surface area contributed by atoms with Crippen molar-refractivity contribution in [2.45, 2.75) is 137 Å². The molecule has 4 aliphatic rings. The Labute approximate surface area is 289 Å². The molecule has 20 atom stereocenters. The lowest BCUT2D eigenvalue weighted by atomic mass is 9.94. The Morgan fingerprint density at radius 3 is 1.49 bits per heavy atom. The maximum Gasteiger partial charge on any atom is 0.217 e. The van der Waals surface area contributed by atoms with Crippen LogP contribution in [0.3, 0.4) is 0 Å². The number of aliphatic hydroxyl groups excluding tert-OH is 12. The fraction of sp³-hybridized carbons (Fsp3) is 0.929. The Hall–Kier alpha value is -1.82. The lowest BCUT2D eigenvalue weighted by Crippen LogP contribution is -2.70. The summed E-state index contributed by atoms with van der Waals surface area (Å²) < 4.78 is 38.9. The van der Waals surface area contributed by atoms with Gasteiger partial charge in [0, 0.05) is 13.8 Å². The topological polar surface area (TPSA) is 366 Å². The molecule has 296 valence electrons. The van der Waals surface area contributed by atoms with Crippen LogP contribution in [0.1, 0.15) is 13.8 Å². The van der Waals surface area contributed by atoms with Crippen molar-refractivity contribution in [2.24, 2.45) is 0 Å². The first-order valence-electron chi connectivity index (χ1n) is 16.1. The van der Waals surface area contributed by atoms with Crippen LogP contribution in [0, 0.1) is 0 Å². The summed E-state index contributed by atoms with van der Waals surface area (Å²) in [5, 5.41) is 129. The van der Waals surface area contributed by atoms with Crippen molar-refractivity contribution in [3.63, 3.8) is 0 Å². The Kier molecular flexibility index (Phi) is 14.8. The summed E-state index contributed by atoms with van der Waals surface area (Å²) in [4.78, 5) is 23.9. The van der Waals surface area contributed by atoms with Crippen molar-refractivity contribution >= 4 is 11.8 Å². The number of nitrogens with one attached hydrogen (secondary N) is 2. The average Bonchev–Trinajstić information content (AvgIpc) is 3.09. The molecule has 0 aromatic carbocycles. The second kappa shape index (κ2) is 18.0. The van der Waals surface area contributed by atoms with E-state index in [0.717, 1.165) is 13.8 Å². The van der Waals surface area contributed by atoms with E-state index in [9.17, 15) is 70.9 Å². The predicted molar refractivity (Wildman–Crippen MR) is 157 cm³/mol. The fourth-order valence-corrected chi connectivity index (χ4v) is 6.25. The molecule has 4 saturated heterocycles. The zero-order chi connectivity index (χ0) is 37.9. The second-order valence-electron chi connectivity index (χ2n) is 12.7. The smallest absolute Gasteiger partial charge is 0.217 e. The summed E-state index contributed by atoms with van der Waals surface area (Å²) in [6.07, 6.45) is -30.9.